The number of nitrogen functional groups attached to an aromatic ring is 1. The van der Waals surface area contributed by atoms with Gasteiger partial charge in [-0.3, -0.25) is 4.68 Å². The summed E-state index contributed by atoms with van der Waals surface area (Å²) in [5.41, 5.74) is 8.78. The Hall–Kier alpha value is -2.04. The number of benzene rings is 1. The van der Waals surface area contributed by atoms with Crippen molar-refractivity contribution in [2.45, 2.75) is 13.3 Å². The number of hydrogen-bond acceptors (Lipinski definition) is 4. The van der Waals surface area contributed by atoms with Gasteiger partial charge in [0.1, 0.15) is 6.33 Å². The summed E-state index contributed by atoms with van der Waals surface area (Å²) in [4.78, 5) is 4.17. The van der Waals surface area contributed by atoms with Gasteiger partial charge >= 0.3 is 0 Å². The average molecular weight is 231 g/mol. The van der Waals surface area contributed by atoms with E-state index in [4.69, 9.17) is 5.73 Å². The Kier molecular flexibility index (Phi) is 3.27. The summed E-state index contributed by atoms with van der Waals surface area (Å²) in [5, 5.41) is 7.56. The number of hydrogen-bond donors (Lipinski definition) is 2. The highest BCUT2D eigenvalue weighted by Gasteiger charge is 2.01. The van der Waals surface area contributed by atoms with Crippen LogP contribution in [0, 0.1) is 6.92 Å². The molecular weight excluding hydrogens is 214 g/mol. The van der Waals surface area contributed by atoms with Crippen molar-refractivity contribution in [2.24, 2.45) is 7.05 Å². The van der Waals surface area contributed by atoms with Gasteiger partial charge in [0, 0.05) is 31.4 Å². The molecule has 2 aromatic rings. The minimum absolute atomic E-state index is 0.772. The molecule has 0 aliphatic carbocycles. The smallest absolute Gasteiger partial charge is 0.152 e. The van der Waals surface area contributed by atoms with Gasteiger partial charge in [-0.05, 0) is 24.6 Å². The molecule has 2 rings (SSSR count). The van der Waals surface area contributed by atoms with Crippen LogP contribution in [0.4, 0.5) is 11.4 Å². The molecule has 3 N–H and O–H groups in total. The summed E-state index contributed by atoms with van der Waals surface area (Å²) < 4.78 is 1.71. The van der Waals surface area contributed by atoms with Crippen molar-refractivity contribution in [2.75, 3.05) is 17.6 Å². The lowest BCUT2D eigenvalue weighted by Crippen LogP contribution is -2.07. The molecule has 0 saturated carbocycles. The van der Waals surface area contributed by atoms with Gasteiger partial charge in [-0.1, -0.05) is 6.07 Å². The van der Waals surface area contributed by atoms with Gasteiger partial charge in [-0.2, -0.15) is 5.10 Å². The van der Waals surface area contributed by atoms with Crippen LogP contribution >= 0.6 is 0 Å². The van der Waals surface area contributed by atoms with Crippen LogP contribution in [0.5, 0.6) is 0 Å². The van der Waals surface area contributed by atoms with Crippen molar-refractivity contribution in [3.8, 4) is 0 Å². The molecule has 0 aliphatic rings. The van der Waals surface area contributed by atoms with E-state index >= 15 is 0 Å². The lowest BCUT2D eigenvalue weighted by molar-refractivity contribution is 0.742. The van der Waals surface area contributed by atoms with E-state index < -0.39 is 0 Å². The number of nitrogens with two attached hydrogens (primary N) is 1. The Morgan fingerprint density at radius 1 is 1.41 bits per heavy atom. The summed E-state index contributed by atoms with van der Waals surface area (Å²) >= 11 is 0. The molecule has 0 spiro atoms. The van der Waals surface area contributed by atoms with E-state index in [0.29, 0.717) is 0 Å². The Morgan fingerprint density at radius 3 is 2.94 bits per heavy atom. The molecule has 1 aromatic carbocycles. The van der Waals surface area contributed by atoms with Crippen LogP contribution in [0.25, 0.3) is 0 Å². The fourth-order valence-corrected chi connectivity index (χ4v) is 1.64. The van der Waals surface area contributed by atoms with Crippen molar-refractivity contribution < 1.29 is 0 Å². The van der Waals surface area contributed by atoms with Gasteiger partial charge in [-0.25, -0.2) is 4.98 Å². The second-order valence-electron chi connectivity index (χ2n) is 4.09. The zero-order valence-electron chi connectivity index (χ0n) is 10.1. The summed E-state index contributed by atoms with van der Waals surface area (Å²) in [5.74, 6) is 0.849. The molecule has 90 valence electrons. The maximum Gasteiger partial charge on any atom is 0.152 e. The maximum atomic E-state index is 5.75. The highest BCUT2D eigenvalue weighted by Crippen LogP contribution is 2.17. The van der Waals surface area contributed by atoms with Crippen molar-refractivity contribution in [1.29, 1.82) is 0 Å². The molecule has 0 radical (unpaired) electrons. The quantitative estimate of drug-likeness (QED) is 0.780. The molecule has 0 unspecified atom stereocenters. The fourth-order valence-electron chi connectivity index (χ4n) is 1.64. The third-order valence-electron chi connectivity index (χ3n) is 2.57. The number of nitrogens with zero attached hydrogens (tertiary/aromatic N) is 3. The third kappa shape index (κ3) is 2.96. The summed E-state index contributed by atoms with van der Waals surface area (Å²) in [7, 11) is 1.87. The van der Waals surface area contributed by atoms with Crippen molar-refractivity contribution in [3.63, 3.8) is 0 Å². The minimum Gasteiger partial charge on any atom is -0.399 e. The highest BCUT2D eigenvalue weighted by atomic mass is 15.3. The van der Waals surface area contributed by atoms with Crippen molar-refractivity contribution in [1.82, 2.24) is 14.8 Å². The Morgan fingerprint density at radius 2 is 2.24 bits per heavy atom. The Bertz CT molecular complexity index is 503. The first-order valence-corrected chi connectivity index (χ1v) is 5.59. The lowest BCUT2D eigenvalue weighted by Gasteiger charge is -2.09. The second kappa shape index (κ2) is 4.86. The largest absolute Gasteiger partial charge is 0.399 e. The van der Waals surface area contributed by atoms with E-state index in [2.05, 4.69) is 22.3 Å². The summed E-state index contributed by atoms with van der Waals surface area (Å²) in [6.45, 7) is 2.86. The van der Waals surface area contributed by atoms with Crippen LogP contribution in [0.3, 0.4) is 0 Å². The SMILES string of the molecule is Cc1ccc(N)cc1NCCc1ncn(C)n1. The Labute approximate surface area is 101 Å². The molecule has 0 aliphatic heterocycles. The predicted octanol–water partition coefficient (Wildman–Crippen LogP) is 1.36. The summed E-state index contributed by atoms with van der Waals surface area (Å²) in [6, 6.07) is 5.86. The van der Waals surface area contributed by atoms with E-state index in [0.717, 1.165) is 30.2 Å². The number of aryl methyl sites for hydroxylation is 2. The number of nitrogens with one attached hydrogen (secondary N) is 1. The van der Waals surface area contributed by atoms with E-state index in [1.807, 2.05) is 25.2 Å². The molecule has 0 bridgehead atoms. The molecule has 0 fully saturated rings. The first-order chi connectivity index (χ1) is 8.15. The maximum absolute atomic E-state index is 5.75. The van der Waals surface area contributed by atoms with Crippen LogP contribution in [-0.4, -0.2) is 21.3 Å². The molecule has 5 nitrogen and oxygen atoms in total. The fraction of sp³-hybridized carbons (Fsp3) is 0.333. The topological polar surface area (TPSA) is 68.8 Å². The molecule has 0 saturated heterocycles. The number of anilines is 2. The molecule has 0 amide bonds. The van der Waals surface area contributed by atoms with Crippen molar-refractivity contribution in [3.05, 3.63) is 35.9 Å². The van der Waals surface area contributed by atoms with E-state index in [1.54, 1.807) is 11.0 Å². The first kappa shape index (κ1) is 11.4. The van der Waals surface area contributed by atoms with Gasteiger partial charge in [0.2, 0.25) is 0 Å². The summed E-state index contributed by atoms with van der Waals surface area (Å²) in [6.07, 6.45) is 2.51. The molecule has 1 heterocycles. The first-order valence-electron chi connectivity index (χ1n) is 5.59. The second-order valence-corrected chi connectivity index (χ2v) is 4.09. The van der Waals surface area contributed by atoms with Gasteiger partial charge in [0.15, 0.2) is 5.82 Å². The number of aromatic nitrogens is 3. The third-order valence-corrected chi connectivity index (χ3v) is 2.57. The standard InChI is InChI=1S/C12H17N5/c1-9-3-4-10(13)7-11(9)14-6-5-12-15-8-17(2)16-12/h3-4,7-8,14H,5-6,13H2,1-2H3. The molecule has 1 aromatic heterocycles. The minimum atomic E-state index is 0.772. The highest BCUT2D eigenvalue weighted by molar-refractivity contribution is 5.59. The van der Waals surface area contributed by atoms with Gasteiger partial charge in [-0.15, -0.1) is 0 Å². The van der Waals surface area contributed by atoms with Crippen LogP contribution in [0.1, 0.15) is 11.4 Å². The van der Waals surface area contributed by atoms with Crippen LogP contribution in [-0.2, 0) is 13.5 Å². The van der Waals surface area contributed by atoms with E-state index in [9.17, 15) is 0 Å². The molecule has 0 atom stereocenters. The molecule has 5 heteroatoms. The predicted molar refractivity (Wildman–Crippen MR) is 68.8 cm³/mol. The van der Waals surface area contributed by atoms with Crippen LogP contribution in [0.2, 0.25) is 0 Å². The van der Waals surface area contributed by atoms with Crippen molar-refractivity contribution >= 4 is 11.4 Å². The van der Waals surface area contributed by atoms with E-state index in [1.165, 1.54) is 5.56 Å². The zero-order valence-corrected chi connectivity index (χ0v) is 10.1. The van der Waals surface area contributed by atoms with Gasteiger partial charge in [0.25, 0.3) is 0 Å². The molecule has 17 heavy (non-hydrogen) atoms. The van der Waals surface area contributed by atoms with Gasteiger partial charge in [0.05, 0.1) is 0 Å². The zero-order chi connectivity index (χ0) is 12.3. The monoisotopic (exact) mass is 231 g/mol. The normalized spacial score (nSPS) is 10.5. The van der Waals surface area contributed by atoms with E-state index in [-0.39, 0.29) is 0 Å². The molecular formula is C12H17N5. The Balaban J connectivity index is 1.91. The lowest BCUT2D eigenvalue weighted by atomic mass is 10.2. The van der Waals surface area contributed by atoms with Gasteiger partial charge < -0.3 is 11.1 Å². The van der Waals surface area contributed by atoms with Crippen LogP contribution < -0.4 is 11.1 Å². The number of rotatable bonds is 4. The average Bonchev–Trinajstić information content (AvgIpc) is 2.69. The van der Waals surface area contributed by atoms with Crippen LogP contribution in [0.15, 0.2) is 24.5 Å².